The molecule has 3 nitrogen and oxygen atoms in total. The molecule has 57 heavy (non-hydrogen) atoms. The van der Waals surface area contributed by atoms with Gasteiger partial charge in [-0.3, -0.25) is 0 Å². The highest BCUT2D eigenvalue weighted by atomic mass is 16.8. The lowest BCUT2D eigenvalue weighted by Gasteiger charge is -2.27. The van der Waals surface area contributed by atoms with Gasteiger partial charge in [0, 0.05) is 13.2 Å². The van der Waals surface area contributed by atoms with Gasteiger partial charge < -0.3 is 14.2 Å². The Kier molecular flexibility index (Phi) is 45.3. The van der Waals surface area contributed by atoms with Crippen molar-refractivity contribution in [3.63, 3.8) is 0 Å². The quantitative estimate of drug-likeness (QED) is 0.0453. The smallest absolute Gasteiger partial charge is 0.160 e. The Hall–Kier alpha value is -0.120. The van der Waals surface area contributed by atoms with Crippen molar-refractivity contribution in [2.45, 2.75) is 312 Å². The van der Waals surface area contributed by atoms with Gasteiger partial charge in [0.05, 0.1) is 0 Å². The van der Waals surface area contributed by atoms with E-state index in [0.717, 1.165) is 62.6 Å². The standard InChI is InChI=1S/C54H110O3/c1-9-13-17-21-23-25-27-29-31-33-39-49(5)47-51(7)41-37-43-53(55-45-35-19-15-11-3)57-54(56-46-36-20-16-12-4)44-38-42-52(8)48-50(6)40-34-32-30-28-26-24-22-18-14-10-2/h49-54H,9-48H2,1-8H3. The van der Waals surface area contributed by atoms with Crippen molar-refractivity contribution in [2.24, 2.45) is 23.7 Å². The van der Waals surface area contributed by atoms with E-state index in [1.807, 2.05) is 0 Å². The van der Waals surface area contributed by atoms with E-state index in [9.17, 15) is 0 Å². The zero-order valence-corrected chi connectivity index (χ0v) is 41.0. The molecule has 0 N–H and O–H groups in total. The Morgan fingerprint density at radius 1 is 0.263 bits per heavy atom. The van der Waals surface area contributed by atoms with E-state index < -0.39 is 0 Å². The molecule has 0 aromatic carbocycles. The van der Waals surface area contributed by atoms with E-state index in [4.69, 9.17) is 14.2 Å². The minimum atomic E-state index is -0.137. The molecule has 0 bridgehead atoms. The fourth-order valence-corrected chi connectivity index (χ4v) is 9.11. The molecule has 0 radical (unpaired) electrons. The molecule has 0 amide bonds. The average Bonchev–Trinajstić information content (AvgIpc) is 3.18. The third-order valence-electron chi connectivity index (χ3n) is 12.9. The summed E-state index contributed by atoms with van der Waals surface area (Å²) in [5.41, 5.74) is 0. The second kappa shape index (κ2) is 45.4. The van der Waals surface area contributed by atoms with Crippen molar-refractivity contribution in [3.8, 4) is 0 Å². The van der Waals surface area contributed by atoms with Crippen LogP contribution in [-0.4, -0.2) is 25.8 Å². The van der Waals surface area contributed by atoms with Crippen molar-refractivity contribution < 1.29 is 14.2 Å². The van der Waals surface area contributed by atoms with Crippen LogP contribution < -0.4 is 0 Å². The van der Waals surface area contributed by atoms with Crippen molar-refractivity contribution in [3.05, 3.63) is 0 Å². The Morgan fingerprint density at radius 2 is 0.509 bits per heavy atom. The number of rotatable bonds is 48. The van der Waals surface area contributed by atoms with Crippen LogP contribution in [0.3, 0.4) is 0 Å². The summed E-state index contributed by atoms with van der Waals surface area (Å²) in [6, 6.07) is 0. The summed E-state index contributed by atoms with van der Waals surface area (Å²) < 4.78 is 19.8. The highest BCUT2D eigenvalue weighted by molar-refractivity contribution is 4.65. The molecule has 0 aliphatic rings. The molecule has 0 fully saturated rings. The predicted molar refractivity (Wildman–Crippen MR) is 255 cm³/mol. The minimum absolute atomic E-state index is 0.137. The van der Waals surface area contributed by atoms with Gasteiger partial charge in [-0.15, -0.1) is 0 Å². The summed E-state index contributed by atoms with van der Waals surface area (Å²) in [6.45, 7) is 20.8. The van der Waals surface area contributed by atoms with Gasteiger partial charge in [0.15, 0.2) is 12.6 Å². The van der Waals surface area contributed by atoms with Gasteiger partial charge in [-0.2, -0.15) is 0 Å². The lowest BCUT2D eigenvalue weighted by molar-refractivity contribution is -0.250. The highest BCUT2D eigenvalue weighted by Crippen LogP contribution is 2.26. The molecule has 6 atom stereocenters. The first-order valence-corrected chi connectivity index (χ1v) is 26.7. The van der Waals surface area contributed by atoms with Crippen LogP contribution in [0.5, 0.6) is 0 Å². The van der Waals surface area contributed by atoms with Crippen LogP contribution in [0, 0.1) is 23.7 Å². The summed E-state index contributed by atoms with van der Waals surface area (Å²) in [7, 11) is 0. The van der Waals surface area contributed by atoms with Crippen molar-refractivity contribution in [1.29, 1.82) is 0 Å². The zero-order valence-electron chi connectivity index (χ0n) is 41.0. The maximum Gasteiger partial charge on any atom is 0.160 e. The average molecular weight is 807 g/mol. The monoisotopic (exact) mass is 807 g/mol. The topological polar surface area (TPSA) is 27.7 Å². The van der Waals surface area contributed by atoms with Gasteiger partial charge >= 0.3 is 0 Å². The third kappa shape index (κ3) is 42.4. The Labute approximate surface area is 361 Å². The molecule has 0 aromatic rings. The number of hydrogen-bond donors (Lipinski definition) is 0. The number of unbranched alkanes of at least 4 members (excludes halogenated alkanes) is 24. The molecule has 0 aliphatic carbocycles. The zero-order chi connectivity index (χ0) is 41.9. The van der Waals surface area contributed by atoms with Crippen LogP contribution in [0.2, 0.25) is 0 Å². The van der Waals surface area contributed by atoms with Crippen LogP contribution in [-0.2, 0) is 14.2 Å². The molecular formula is C54H110O3. The molecule has 0 rings (SSSR count). The summed E-state index contributed by atoms with van der Waals surface area (Å²) in [6.07, 6.45) is 50.7. The maximum atomic E-state index is 6.78. The van der Waals surface area contributed by atoms with E-state index in [1.165, 1.54) is 218 Å². The van der Waals surface area contributed by atoms with Crippen LogP contribution >= 0.6 is 0 Å². The fourth-order valence-electron chi connectivity index (χ4n) is 9.11. The van der Waals surface area contributed by atoms with E-state index in [1.54, 1.807) is 0 Å². The number of ether oxygens (including phenoxy) is 3. The van der Waals surface area contributed by atoms with Crippen molar-refractivity contribution >= 4 is 0 Å². The minimum Gasteiger partial charge on any atom is -0.353 e. The summed E-state index contributed by atoms with van der Waals surface area (Å²) in [5, 5.41) is 0. The lowest BCUT2D eigenvalue weighted by atomic mass is 9.89. The van der Waals surface area contributed by atoms with E-state index in [-0.39, 0.29) is 12.6 Å². The van der Waals surface area contributed by atoms with E-state index >= 15 is 0 Å². The van der Waals surface area contributed by atoms with Gasteiger partial charge in [-0.05, 0) is 75.0 Å². The highest BCUT2D eigenvalue weighted by Gasteiger charge is 2.20. The molecule has 0 saturated heterocycles. The third-order valence-corrected chi connectivity index (χ3v) is 12.9. The molecule has 0 saturated carbocycles. The molecule has 0 aromatic heterocycles. The molecule has 6 unspecified atom stereocenters. The number of hydrogen-bond acceptors (Lipinski definition) is 3. The first-order chi connectivity index (χ1) is 27.9. The Bertz CT molecular complexity index is 681. The fraction of sp³-hybridized carbons (Fsp3) is 1.00. The van der Waals surface area contributed by atoms with E-state index in [0.29, 0.717) is 0 Å². The second-order valence-corrected chi connectivity index (χ2v) is 19.6. The van der Waals surface area contributed by atoms with E-state index in [2.05, 4.69) is 55.4 Å². The largest absolute Gasteiger partial charge is 0.353 e. The summed E-state index contributed by atoms with van der Waals surface area (Å²) >= 11 is 0. The van der Waals surface area contributed by atoms with Crippen LogP contribution in [0.15, 0.2) is 0 Å². The van der Waals surface area contributed by atoms with Gasteiger partial charge in [0.2, 0.25) is 0 Å². The van der Waals surface area contributed by atoms with Gasteiger partial charge in [-0.25, -0.2) is 0 Å². The Balaban J connectivity index is 4.72. The van der Waals surface area contributed by atoms with Crippen LogP contribution in [0.4, 0.5) is 0 Å². The van der Waals surface area contributed by atoms with Gasteiger partial charge in [0.1, 0.15) is 0 Å². The summed E-state index contributed by atoms with van der Waals surface area (Å²) in [5.74, 6) is 3.22. The molecule has 0 aliphatic heterocycles. The van der Waals surface area contributed by atoms with Gasteiger partial charge in [0.25, 0.3) is 0 Å². The lowest BCUT2D eigenvalue weighted by Crippen LogP contribution is -2.28. The Morgan fingerprint density at radius 3 is 0.807 bits per heavy atom. The van der Waals surface area contributed by atoms with Crippen LogP contribution in [0.25, 0.3) is 0 Å². The molecule has 344 valence electrons. The second-order valence-electron chi connectivity index (χ2n) is 19.6. The maximum absolute atomic E-state index is 6.78. The SMILES string of the molecule is CCCCCCCCCCCCC(C)CC(C)CCCC(OCCCCCC)OC(CCCC(C)CC(C)CCCCCCCCCCCC)OCCCCCC. The first-order valence-electron chi connectivity index (χ1n) is 26.7. The van der Waals surface area contributed by atoms with Crippen molar-refractivity contribution in [1.82, 2.24) is 0 Å². The van der Waals surface area contributed by atoms with Crippen LogP contribution in [0.1, 0.15) is 299 Å². The first kappa shape index (κ1) is 56.9. The molecule has 0 heterocycles. The summed E-state index contributed by atoms with van der Waals surface area (Å²) in [4.78, 5) is 0. The molecular weight excluding hydrogens is 697 g/mol. The predicted octanol–water partition coefficient (Wildman–Crippen LogP) is 19.1. The molecule has 3 heteroatoms. The van der Waals surface area contributed by atoms with Gasteiger partial charge in [-0.1, -0.05) is 248 Å². The normalized spacial score (nSPS) is 15.2. The molecule has 0 spiro atoms. The van der Waals surface area contributed by atoms with Crippen molar-refractivity contribution in [2.75, 3.05) is 13.2 Å².